The lowest BCUT2D eigenvalue weighted by Gasteiger charge is -2.07. The Balaban J connectivity index is 1.56. The second kappa shape index (κ2) is 7.72. The van der Waals surface area contributed by atoms with Crippen LogP contribution in [0, 0.1) is 10.8 Å². The molecule has 0 amide bonds. The summed E-state index contributed by atoms with van der Waals surface area (Å²) < 4.78 is 2.09. The molecule has 9 nitrogen and oxygen atoms in total. The van der Waals surface area contributed by atoms with Gasteiger partial charge in [-0.25, -0.2) is 4.98 Å². The van der Waals surface area contributed by atoms with Gasteiger partial charge in [-0.3, -0.25) is 10.8 Å². The largest absolute Gasteiger partial charge is 0.370 e. The zero-order valence-corrected chi connectivity index (χ0v) is 17.9. The maximum absolute atomic E-state index is 7.42. The molecule has 2 heterocycles. The Morgan fingerprint density at radius 2 is 1.55 bits per heavy atom. The van der Waals surface area contributed by atoms with Crippen molar-refractivity contribution in [2.75, 3.05) is 10.6 Å². The van der Waals surface area contributed by atoms with E-state index >= 15 is 0 Å². The van der Waals surface area contributed by atoms with E-state index < -0.39 is 0 Å². The van der Waals surface area contributed by atoms with E-state index in [0.29, 0.717) is 0 Å². The summed E-state index contributed by atoms with van der Waals surface area (Å²) in [5.41, 5.74) is 18.3. The summed E-state index contributed by atoms with van der Waals surface area (Å²) in [5, 5.41) is 21.5. The smallest absolute Gasteiger partial charge is 0.190 e. The highest BCUT2D eigenvalue weighted by molar-refractivity contribution is 5.99. The predicted molar refractivity (Wildman–Crippen MR) is 135 cm³/mol. The fraction of sp³-hybridized carbons (Fsp3) is 0.0417. The van der Waals surface area contributed by atoms with Crippen LogP contribution in [0.15, 0.2) is 66.9 Å². The Kier molecular flexibility index (Phi) is 4.71. The van der Waals surface area contributed by atoms with Crippen molar-refractivity contribution in [2.45, 2.75) is 0 Å². The number of aryl methyl sites for hydroxylation is 1. The summed E-state index contributed by atoms with van der Waals surface area (Å²) in [4.78, 5) is 8.19. The number of hydrogen-bond donors (Lipinski definition) is 7. The first-order valence-electron chi connectivity index (χ1n) is 10.3. The number of fused-ring (bicyclic) bond motifs is 2. The van der Waals surface area contributed by atoms with E-state index in [9.17, 15) is 0 Å². The van der Waals surface area contributed by atoms with E-state index in [-0.39, 0.29) is 11.9 Å². The number of aromatic nitrogens is 3. The van der Waals surface area contributed by atoms with E-state index in [1.54, 1.807) is 0 Å². The number of nitrogens with one attached hydrogen (secondary N) is 5. The number of hydrogen-bond acceptors (Lipinski definition) is 3. The van der Waals surface area contributed by atoms with Gasteiger partial charge in [-0.05, 0) is 53.6 Å². The number of guanidine groups is 2. The Morgan fingerprint density at radius 3 is 2.27 bits per heavy atom. The van der Waals surface area contributed by atoms with E-state index in [0.717, 1.165) is 55.8 Å². The summed E-state index contributed by atoms with van der Waals surface area (Å²) in [5.74, 6) is 0.572. The van der Waals surface area contributed by atoms with Crippen LogP contribution in [0.2, 0.25) is 0 Å². The molecule has 5 rings (SSSR count). The number of anilines is 2. The molecule has 0 atom stereocenters. The highest BCUT2D eigenvalue weighted by Gasteiger charge is 2.14. The minimum atomic E-state index is -0.110. The third kappa shape index (κ3) is 3.83. The minimum absolute atomic E-state index is 0.0897. The van der Waals surface area contributed by atoms with Crippen molar-refractivity contribution in [1.82, 2.24) is 14.5 Å². The number of nitrogens with two attached hydrogens (primary N) is 2. The molecule has 3 aromatic carbocycles. The number of aromatic amines is 1. The Bertz CT molecular complexity index is 1520. The summed E-state index contributed by atoms with van der Waals surface area (Å²) in [6, 6.07) is 19.8. The van der Waals surface area contributed by atoms with Crippen LogP contribution in [0.1, 0.15) is 0 Å². The zero-order chi connectivity index (χ0) is 23.1. The molecule has 164 valence electrons. The van der Waals surface area contributed by atoms with Crippen LogP contribution >= 0.6 is 0 Å². The van der Waals surface area contributed by atoms with Crippen LogP contribution in [0.4, 0.5) is 11.4 Å². The summed E-state index contributed by atoms with van der Waals surface area (Å²) >= 11 is 0. The zero-order valence-electron chi connectivity index (χ0n) is 17.9. The molecule has 0 saturated heterocycles. The van der Waals surface area contributed by atoms with Crippen LogP contribution in [0.3, 0.4) is 0 Å². The molecule has 2 aromatic heterocycles. The van der Waals surface area contributed by atoms with Gasteiger partial charge in [0.2, 0.25) is 0 Å². The average molecular weight is 438 g/mol. The lowest BCUT2D eigenvalue weighted by atomic mass is 10.0. The van der Waals surface area contributed by atoms with Gasteiger partial charge < -0.3 is 31.7 Å². The number of benzene rings is 3. The van der Waals surface area contributed by atoms with Crippen LogP contribution in [-0.4, -0.2) is 26.5 Å². The minimum Gasteiger partial charge on any atom is -0.370 e. The Morgan fingerprint density at radius 1 is 0.879 bits per heavy atom. The van der Waals surface area contributed by atoms with Crippen molar-refractivity contribution >= 4 is 45.2 Å². The van der Waals surface area contributed by atoms with E-state index in [1.807, 2.05) is 49.5 Å². The van der Waals surface area contributed by atoms with Gasteiger partial charge in [-0.15, -0.1) is 0 Å². The van der Waals surface area contributed by atoms with E-state index in [1.165, 1.54) is 0 Å². The molecule has 0 radical (unpaired) electrons. The van der Waals surface area contributed by atoms with Gasteiger partial charge in [0.05, 0.1) is 11.0 Å². The molecule has 0 unspecified atom stereocenters. The molecule has 0 aliphatic carbocycles. The number of H-pyrrole nitrogens is 1. The van der Waals surface area contributed by atoms with Crippen molar-refractivity contribution in [3.8, 4) is 22.5 Å². The summed E-state index contributed by atoms with van der Waals surface area (Å²) in [6.07, 6.45) is 2.07. The first-order chi connectivity index (χ1) is 15.9. The molecular weight excluding hydrogens is 414 g/mol. The molecule has 33 heavy (non-hydrogen) atoms. The van der Waals surface area contributed by atoms with Gasteiger partial charge in [-0.1, -0.05) is 18.2 Å². The number of rotatable bonds is 4. The molecule has 0 fully saturated rings. The quantitative estimate of drug-likeness (QED) is 0.167. The highest BCUT2D eigenvalue weighted by atomic mass is 15.1. The molecular formula is C24H23N9. The molecule has 0 aliphatic rings. The van der Waals surface area contributed by atoms with Gasteiger partial charge in [0, 0.05) is 41.1 Å². The SMILES string of the molecule is Cn1cc(-c2nc3ccc(NC(=N)N)cc3[nH]2)c2cc(-c3ccc(NC(=N)N)cc3)ccc21. The molecule has 9 N–H and O–H groups in total. The fourth-order valence-electron chi connectivity index (χ4n) is 4.03. The van der Waals surface area contributed by atoms with Crippen molar-refractivity contribution < 1.29 is 0 Å². The average Bonchev–Trinajstić information content (AvgIpc) is 3.33. The van der Waals surface area contributed by atoms with Crippen LogP contribution in [0.25, 0.3) is 44.5 Å². The lowest BCUT2D eigenvalue weighted by molar-refractivity contribution is 0.969. The predicted octanol–water partition coefficient (Wildman–Crippen LogP) is 4.00. The fourth-order valence-corrected chi connectivity index (χ4v) is 4.03. The van der Waals surface area contributed by atoms with Gasteiger partial charge in [0.25, 0.3) is 0 Å². The molecule has 0 saturated carbocycles. The van der Waals surface area contributed by atoms with Crippen molar-refractivity contribution in [3.05, 3.63) is 66.9 Å². The highest BCUT2D eigenvalue weighted by Crippen LogP contribution is 2.33. The Labute approximate surface area is 189 Å². The van der Waals surface area contributed by atoms with E-state index in [2.05, 4.69) is 44.6 Å². The van der Waals surface area contributed by atoms with Crippen LogP contribution in [-0.2, 0) is 7.05 Å². The lowest BCUT2D eigenvalue weighted by Crippen LogP contribution is -2.20. The van der Waals surface area contributed by atoms with Gasteiger partial charge in [0.1, 0.15) is 5.82 Å². The Hall–Kier alpha value is -4.79. The molecule has 0 aliphatic heterocycles. The second-order valence-electron chi connectivity index (χ2n) is 7.86. The van der Waals surface area contributed by atoms with Gasteiger partial charge in [0.15, 0.2) is 11.9 Å². The first-order valence-corrected chi connectivity index (χ1v) is 10.3. The second-order valence-corrected chi connectivity index (χ2v) is 7.86. The van der Waals surface area contributed by atoms with Gasteiger partial charge in [-0.2, -0.15) is 0 Å². The number of nitrogens with zero attached hydrogens (tertiary/aromatic N) is 2. The van der Waals surface area contributed by atoms with Crippen LogP contribution in [0.5, 0.6) is 0 Å². The maximum Gasteiger partial charge on any atom is 0.190 e. The first kappa shape index (κ1) is 20.1. The summed E-state index contributed by atoms with van der Waals surface area (Å²) in [6.45, 7) is 0. The third-order valence-corrected chi connectivity index (χ3v) is 5.50. The van der Waals surface area contributed by atoms with Crippen molar-refractivity contribution in [3.63, 3.8) is 0 Å². The monoisotopic (exact) mass is 437 g/mol. The summed E-state index contributed by atoms with van der Waals surface area (Å²) in [7, 11) is 2.02. The normalized spacial score (nSPS) is 11.1. The third-order valence-electron chi connectivity index (χ3n) is 5.50. The molecule has 0 spiro atoms. The standard InChI is InChI=1S/C24H23N9/c1-33-12-18(22-31-19-8-7-16(30-24(27)28)11-20(19)32-22)17-10-14(4-9-21(17)33)13-2-5-15(6-3-13)29-23(25)26/h2-12H,1H3,(H,31,32)(H4,25,26,29)(H4,27,28,30). The molecule has 9 heteroatoms. The van der Waals surface area contributed by atoms with Crippen molar-refractivity contribution in [2.24, 2.45) is 18.5 Å². The number of imidazole rings is 1. The van der Waals surface area contributed by atoms with Crippen LogP contribution < -0.4 is 22.1 Å². The van der Waals surface area contributed by atoms with Gasteiger partial charge >= 0.3 is 0 Å². The topological polar surface area (TPSA) is 157 Å². The van der Waals surface area contributed by atoms with E-state index in [4.69, 9.17) is 27.3 Å². The molecule has 5 aromatic rings. The van der Waals surface area contributed by atoms with Crippen molar-refractivity contribution in [1.29, 1.82) is 10.8 Å². The molecule has 0 bridgehead atoms. The maximum atomic E-state index is 7.42.